The van der Waals surface area contributed by atoms with Gasteiger partial charge in [-0.2, -0.15) is 0 Å². The van der Waals surface area contributed by atoms with Gasteiger partial charge >= 0.3 is 5.97 Å². The number of hydrogen-bond acceptors (Lipinski definition) is 5. The van der Waals surface area contributed by atoms with E-state index in [1.54, 1.807) is 26.0 Å². The van der Waals surface area contributed by atoms with Crippen LogP contribution < -0.4 is 5.32 Å². The molecule has 29 heavy (non-hydrogen) atoms. The number of hydrogen-bond donors (Lipinski definition) is 1. The number of sulfonamides is 1. The van der Waals surface area contributed by atoms with Crippen LogP contribution in [0.25, 0.3) is 0 Å². The van der Waals surface area contributed by atoms with E-state index in [1.165, 1.54) is 38.4 Å². The molecule has 0 aromatic heterocycles. The van der Waals surface area contributed by atoms with Crippen molar-refractivity contribution in [2.24, 2.45) is 0 Å². The van der Waals surface area contributed by atoms with Crippen molar-refractivity contribution in [3.63, 3.8) is 0 Å². The van der Waals surface area contributed by atoms with Gasteiger partial charge in [-0.1, -0.05) is 36.4 Å². The third kappa shape index (κ3) is 6.13. The SMILES string of the molecule is CC(C)OC(=O)CC(NC(=O)c1cccc(S(=O)(=O)N(C)C)c1)c1ccccc1. The number of ether oxygens (including phenoxy) is 1. The Kier molecular flexibility index (Phi) is 7.53. The minimum atomic E-state index is -3.67. The summed E-state index contributed by atoms with van der Waals surface area (Å²) in [5.41, 5.74) is 0.935. The monoisotopic (exact) mass is 418 g/mol. The summed E-state index contributed by atoms with van der Waals surface area (Å²) < 4.78 is 30.9. The summed E-state index contributed by atoms with van der Waals surface area (Å²) in [5.74, 6) is -0.912. The lowest BCUT2D eigenvalue weighted by molar-refractivity contribution is -0.147. The highest BCUT2D eigenvalue weighted by atomic mass is 32.2. The van der Waals surface area contributed by atoms with E-state index in [9.17, 15) is 18.0 Å². The highest BCUT2D eigenvalue weighted by Crippen LogP contribution is 2.20. The van der Waals surface area contributed by atoms with Gasteiger partial charge in [-0.25, -0.2) is 12.7 Å². The van der Waals surface area contributed by atoms with Gasteiger partial charge in [0.2, 0.25) is 10.0 Å². The van der Waals surface area contributed by atoms with E-state index in [-0.39, 0.29) is 23.0 Å². The van der Waals surface area contributed by atoms with Crippen LogP contribution in [0.3, 0.4) is 0 Å². The fourth-order valence-corrected chi connectivity index (χ4v) is 3.61. The lowest BCUT2D eigenvalue weighted by Crippen LogP contribution is -2.31. The van der Waals surface area contributed by atoms with E-state index in [4.69, 9.17) is 4.74 Å². The van der Waals surface area contributed by atoms with Crippen LogP contribution in [-0.4, -0.2) is 44.8 Å². The predicted octanol–water partition coefficient (Wildman–Crippen LogP) is 2.75. The van der Waals surface area contributed by atoms with E-state index >= 15 is 0 Å². The zero-order valence-electron chi connectivity index (χ0n) is 17.0. The van der Waals surface area contributed by atoms with E-state index in [1.807, 2.05) is 18.2 Å². The largest absolute Gasteiger partial charge is 0.463 e. The number of nitrogens with zero attached hydrogens (tertiary/aromatic N) is 1. The van der Waals surface area contributed by atoms with Crippen molar-refractivity contribution in [2.75, 3.05) is 14.1 Å². The summed E-state index contributed by atoms with van der Waals surface area (Å²) >= 11 is 0. The molecule has 0 bridgehead atoms. The highest BCUT2D eigenvalue weighted by molar-refractivity contribution is 7.89. The van der Waals surface area contributed by atoms with Gasteiger partial charge in [0, 0.05) is 19.7 Å². The predicted molar refractivity (Wildman–Crippen MR) is 110 cm³/mol. The van der Waals surface area contributed by atoms with Gasteiger partial charge in [0.25, 0.3) is 5.91 Å². The Morgan fingerprint density at radius 1 is 1.03 bits per heavy atom. The minimum Gasteiger partial charge on any atom is -0.463 e. The molecule has 1 amide bonds. The summed E-state index contributed by atoms with van der Waals surface area (Å²) in [6.45, 7) is 3.51. The molecule has 0 spiro atoms. The molecule has 0 radical (unpaired) electrons. The van der Waals surface area contributed by atoms with Gasteiger partial charge in [0.15, 0.2) is 0 Å². The second kappa shape index (κ2) is 9.67. The molecular weight excluding hydrogens is 392 g/mol. The van der Waals surface area contributed by atoms with Gasteiger partial charge in [0.1, 0.15) is 0 Å². The molecular formula is C21H26N2O5S. The van der Waals surface area contributed by atoms with Crippen molar-refractivity contribution in [3.05, 3.63) is 65.7 Å². The number of rotatable bonds is 8. The van der Waals surface area contributed by atoms with Crippen molar-refractivity contribution < 1.29 is 22.7 Å². The van der Waals surface area contributed by atoms with Gasteiger partial charge in [0.05, 0.1) is 23.5 Å². The molecule has 156 valence electrons. The quantitative estimate of drug-likeness (QED) is 0.666. The van der Waals surface area contributed by atoms with Gasteiger partial charge in [-0.05, 0) is 37.6 Å². The maximum Gasteiger partial charge on any atom is 0.308 e. The first-order chi connectivity index (χ1) is 13.6. The molecule has 2 rings (SSSR count). The van der Waals surface area contributed by atoms with Crippen molar-refractivity contribution in [3.8, 4) is 0 Å². The third-order valence-electron chi connectivity index (χ3n) is 4.12. The molecule has 8 heteroatoms. The molecule has 0 heterocycles. The first-order valence-corrected chi connectivity index (χ1v) is 10.6. The summed E-state index contributed by atoms with van der Waals surface area (Å²) in [5, 5.41) is 2.81. The van der Waals surface area contributed by atoms with E-state index in [0.29, 0.717) is 0 Å². The third-order valence-corrected chi connectivity index (χ3v) is 5.93. The molecule has 0 aliphatic rings. The minimum absolute atomic E-state index is 0.0191. The smallest absolute Gasteiger partial charge is 0.308 e. The Morgan fingerprint density at radius 2 is 1.69 bits per heavy atom. The lowest BCUT2D eigenvalue weighted by atomic mass is 10.0. The first-order valence-electron chi connectivity index (χ1n) is 9.19. The summed E-state index contributed by atoms with van der Waals surface area (Å²) in [6, 6.07) is 14.3. The van der Waals surface area contributed by atoms with Crippen LogP contribution in [0.5, 0.6) is 0 Å². The molecule has 2 aromatic carbocycles. The topological polar surface area (TPSA) is 92.8 Å². The van der Waals surface area contributed by atoms with E-state index in [0.717, 1.165) is 9.87 Å². The van der Waals surface area contributed by atoms with E-state index in [2.05, 4.69) is 5.32 Å². The second-order valence-electron chi connectivity index (χ2n) is 6.99. The lowest BCUT2D eigenvalue weighted by Gasteiger charge is -2.20. The van der Waals surface area contributed by atoms with Crippen LogP contribution >= 0.6 is 0 Å². The number of amides is 1. The molecule has 0 aliphatic carbocycles. The number of carbonyl (C=O) groups excluding carboxylic acids is 2. The number of nitrogens with one attached hydrogen (secondary N) is 1. The maximum absolute atomic E-state index is 12.8. The fraction of sp³-hybridized carbons (Fsp3) is 0.333. The van der Waals surface area contributed by atoms with Crippen LogP contribution in [0.15, 0.2) is 59.5 Å². The van der Waals surface area contributed by atoms with Crippen LogP contribution in [0.4, 0.5) is 0 Å². The number of esters is 1. The van der Waals surface area contributed by atoms with Crippen molar-refractivity contribution in [1.82, 2.24) is 9.62 Å². The molecule has 2 aromatic rings. The molecule has 0 saturated carbocycles. The van der Waals surface area contributed by atoms with Gasteiger partial charge < -0.3 is 10.1 Å². The van der Waals surface area contributed by atoms with Crippen LogP contribution in [0.1, 0.15) is 42.2 Å². The average Bonchev–Trinajstić information content (AvgIpc) is 2.67. The molecule has 0 fully saturated rings. The highest BCUT2D eigenvalue weighted by Gasteiger charge is 2.22. The van der Waals surface area contributed by atoms with Crippen molar-refractivity contribution in [1.29, 1.82) is 0 Å². The Morgan fingerprint density at radius 3 is 2.28 bits per heavy atom. The Labute approximate surface area is 171 Å². The Bertz CT molecular complexity index is 956. The standard InChI is InChI=1S/C21H26N2O5S/c1-15(2)28-20(24)14-19(16-9-6-5-7-10-16)22-21(25)17-11-8-12-18(13-17)29(26,27)23(3)4/h5-13,15,19H,14H2,1-4H3,(H,22,25). The van der Waals surface area contributed by atoms with Crippen LogP contribution in [-0.2, 0) is 19.6 Å². The fourth-order valence-electron chi connectivity index (χ4n) is 2.67. The Hall–Kier alpha value is -2.71. The molecule has 1 unspecified atom stereocenters. The zero-order chi connectivity index (χ0) is 21.6. The summed E-state index contributed by atoms with van der Waals surface area (Å²) in [4.78, 5) is 25.0. The zero-order valence-corrected chi connectivity index (χ0v) is 17.8. The van der Waals surface area contributed by atoms with Gasteiger partial charge in [-0.15, -0.1) is 0 Å². The number of carbonyl (C=O) groups is 2. The normalized spacial score (nSPS) is 12.6. The summed E-state index contributed by atoms with van der Waals surface area (Å²) in [7, 11) is -0.818. The summed E-state index contributed by atoms with van der Waals surface area (Å²) in [6.07, 6.45) is -0.300. The van der Waals surface area contributed by atoms with Crippen LogP contribution in [0.2, 0.25) is 0 Å². The maximum atomic E-state index is 12.8. The molecule has 7 nitrogen and oxygen atoms in total. The second-order valence-corrected chi connectivity index (χ2v) is 9.15. The molecule has 1 N–H and O–H groups in total. The molecule has 0 aliphatic heterocycles. The van der Waals surface area contributed by atoms with Crippen molar-refractivity contribution >= 4 is 21.9 Å². The van der Waals surface area contributed by atoms with Crippen molar-refractivity contribution in [2.45, 2.75) is 37.3 Å². The first kappa shape index (κ1) is 22.6. The molecule has 1 atom stereocenters. The van der Waals surface area contributed by atoms with E-state index < -0.39 is 27.9 Å². The van der Waals surface area contributed by atoms with Crippen LogP contribution in [0, 0.1) is 0 Å². The number of benzene rings is 2. The molecule has 0 saturated heterocycles. The van der Waals surface area contributed by atoms with Gasteiger partial charge in [-0.3, -0.25) is 9.59 Å². The Balaban J connectivity index is 2.27. The average molecular weight is 419 g/mol.